The van der Waals surface area contributed by atoms with Crippen molar-refractivity contribution < 1.29 is 14.6 Å². The fourth-order valence-electron chi connectivity index (χ4n) is 3.02. The lowest BCUT2D eigenvalue weighted by Crippen LogP contribution is -2.38. The lowest BCUT2D eigenvalue weighted by molar-refractivity contribution is 0.0176. The van der Waals surface area contributed by atoms with Gasteiger partial charge in [-0.1, -0.05) is 0 Å². The van der Waals surface area contributed by atoms with Crippen molar-refractivity contribution in [1.82, 2.24) is 9.55 Å². The average Bonchev–Trinajstić information content (AvgIpc) is 3.01. The Kier molecular flexibility index (Phi) is 4.00. The lowest BCUT2D eigenvalue weighted by atomic mass is 9.84. The van der Waals surface area contributed by atoms with E-state index in [0.717, 1.165) is 0 Å². The van der Waals surface area contributed by atoms with Gasteiger partial charge in [0.2, 0.25) is 0 Å². The first-order valence-corrected chi connectivity index (χ1v) is 7.28. The number of aliphatic hydroxyl groups is 2. The maximum atomic E-state index is 12.1. The zero-order chi connectivity index (χ0) is 15.7. The third-order valence-corrected chi connectivity index (χ3v) is 4.31. The highest BCUT2D eigenvalue weighted by Crippen LogP contribution is 2.31. The molecule has 0 amide bonds. The minimum absolute atomic E-state index is 0.0634. The first kappa shape index (κ1) is 14.8. The molecule has 2 aromatic rings. The summed E-state index contributed by atoms with van der Waals surface area (Å²) >= 11 is 0. The Hall–Kier alpha value is -2.12. The Balaban J connectivity index is 1.96. The molecule has 0 aliphatic heterocycles. The van der Waals surface area contributed by atoms with Gasteiger partial charge in [0.25, 0.3) is 5.56 Å². The SMILES string of the molecule is O=c1[nH]c(=O)n(C2CCC(CO)C(O)C2)cc1-c1ccco1. The molecule has 0 radical (unpaired) electrons. The predicted octanol–water partition coefficient (Wildman–Crippen LogP) is 0.491. The van der Waals surface area contributed by atoms with Gasteiger partial charge in [0, 0.05) is 24.8 Å². The van der Waals surface area contributed by atoms with Gasteiger partial charge in [-0.25, -0.2) is 4.79 Å². The molecule has 2 heterocycles. The van der Waals surface area contributed by atoms with Crippen LogP contribution in [0.4, 0.5) is 0 Å². The van der Waals surface area contributed by atoms with Gasteiger partial charge in [-0.15, -0.1) is 0 Å². The van der Waals surface area contributed by atoms with E-state index in [4.69, 9.17) is 4.42 Å². The molecule has 118 valence electrons. The normalized spacial score (nSPS) is 25.3. The fraction of sp³-hybridized carbons (Fsp3) is 0.467. The molecule has 0 saturated heterocycles. The van der Waals surface area contributed by atoms with Gasteiger partial charge >= 0.3 is 5.69 Å². The monoisotopic (exact) mass is 306 g/mol. The van der Waals surface area contributed by atoms with Gasteiger partial charge in [-0.3, -0.25) is 14.3 Å². The van der Waals surface area contributed by atoms with E-state index in [2.05, 4.69) is 4.98 Å². The number of aromatic amines is 1. The molecule has 2 aromatic heterocycles. The van der Waals surface area contributed by atoms with Crippen molar-refractivity contribution in [3.63, 3.8) is 0 Å². The number of hydrogen-bond acceptors (Lipinski definition) is 5. The summed E-state index contributed by atoms with van der Waals surface area (Å²) in [6, 6.07) is 3.10. The van der Waals surface area contributed by atoms with Crippen molar-refractivity contribution in [1.29, 1.82) is 0 Å². The lowest BCUT2D eigenvalue weighted by Gasteiger charge is -2.32. The highest BCUT2D eigenvalue weighted by molar-refractivity contribution is 5.54. The number of aromatic nitrogens is 2. The van der Waals surface area contributed by atoms with Crippen LogP contribution in [0.15, 0.2) is 38.6 Å². The quantitative estimate of drug-likeness (QED) is 0.765. The number of hydrogen-bond donors (Lipinski definition) is 3. The molecule has 3 atom stereocenters. The average molecular weight is 306 g/mol. The topological polar surface area (TPSA) is 108 Å². The number of rotatable bonds is 3. The van der Waals surface area contributed by atoms with Crippen LogP contribution in [0.3, 0.4) is 0 Å². The second kappa shape index (κ2) is 5.94. The number of H-pyrrole nitrogens is 1. The van der Waals surface area contributed by atoms with E-state index in [0.29, 0.717) is 25.0 Å². The highest BCUT2D eigenvalue weighted by atomic mass is 16.3. The largest absolute Gasteiger partial charge is 0.464 e. The number of furan rings is 1. The van der Waals surface area contributed by atoms with Crippen LogP contribution in [-0.2, 0) is 0 Å². The van der Waals surface area contributed by atoms with Crippen molar-refractivity contribution in [3.8, 4) is 11.3 Å². The van der Waals surface area contributed by atoms with E-state index in [9.17, 15) is 19.8 Å². The van der Waals surface area contributed by atoms with E-state index >= 15 is 0 Å². The molecule has 1 aliphatic rings. The Bertz CT molecular complexity index is 746. The van der Waals surface area contributed by atoms with Gasteiger partial charge in [-0.2, -0.15) is 0 Å². The number of nitrogens with one attached hydrogen (secondary N) is 1. The molecule has 7 nitrogen and oxygen atoms in total. The molecular formula is C15H18N2O5. The molecule has 1 aliphatic carbocycles. The summed E-state index contributed by atoms with van der Waals surface area (Å²) < 4.78 is 6.66. The third-order valence-electron chi connectivity index (χ3n) is 4.31. The first-order chi connectivity index (χ1) is 10.6. The summed E-state index contributed by atoms with van der Waals surface area (Å²) in [4.78, 5) is 26.3. The van der Waals surface area contributed by atoms with Gasteiger partial charge < -0.3 is 14.6 Å². The molecule has 3 N–H and O–H groups in total. The number of nitrogens with zero attached hydrogens (tertiary/aromatic N) is 1. The second-order valence-electron chi connectivity index (χ2n) is 5.66. The summed E-state index contributed by atoms with van der Waals surface area (Å²) in [6.07, 6.45) is 3.94. The molecule has 0 spiro atoms. The highest BCUT2D eigenvalue weighted by Gasteiger charge is 2.30. The first-order valence-electron chi connectivity index (χ1n) is 7.28. The molecular weight excluding hydrogens is 288 g/mol. The molecule has 7 heteroatoms. The van der Waals surface area contributed by atoms with Crippen molar-refractivity contribution in [3.05, 3.63) is 45.4 Å². The molecule has 3 unspecified atom stereocenters. The van der Waals surface area contributed by atoms with Gasteiger partial charge in [0.15, 0.2) is 0 Å². The standard InChI is InChI=1S/C15H18N2O5/c18-8-9-3-4-10(6-12(9)19)17-7-11(13-2-1-5-22-13)14(20)16-15(17)21/h1-2,5,7,9-10,12,18-19H,3-4,6,8H2,(H,16,20,21). The van der Waals surface area contributed by atoms with Gasteiger partial charge in [0.05, 0.1) is 17.9 Å². The van der Waals surface area contributed by atoms with Crippen LogP contribution in [-0.4, -0.2) is 32.5 Å². The molecule has 0 bridgehead atoms. The summed E-state index contributed by atoms with van der Waals surface area (Å²) in [7, 11) is 0. The zero-order valence-electron chi connectivity index (χ0n) is 11.9. The molecule has 1 fully saturated rings. The summed E-state index contributed by atoms with van der Waals surface area (Å²) in [5, 5.41) is 19.2. The van der Waals surface area contributed by atoms with E-state index < -0.39 is 17.4 Å². The van der Waals surface area contributed by atoms with Crippen LogP contribution >= 0.6 is 0 Å². The number of aliphatic hydroxyl groups excluding tert-OH is 2. The minimum atomic E-state index is -0.658. The molecule has 22 heavy (non-hydrogen) atoms. The maximum Gasteiger partial charge on any atom is 0.328 e. The van der Waals surface area contributed by atoms with Crippen molar-refractivity contribution in [2.75, 3.05) is 6.61 Å². The van der Waals surface area contributed by atoms with Crippen LogP contribution in [0.5, 0.6) is 0 Å². The Labute approximate surface area is 125 Å². The Morgan fingerprint density at radius 3 is 2.82 bits per heavy atom. The van der Waals surface area contributed by atoms with Crippen molar-refractivity contribution >= 4 is 0 Å². The maximum absolute atomic E-state index is 12.1. The third kappa shape index (κ3) is 2.65. The minimum Gasteiger partial charge on any atom is -0.464 e. The van der Waals surface area contributed by atoms with Gasteiger partial charge in [-0.05, 0) is 31.4 Å². The predicted molar refractivity (Wildman–Crippen MR) is 78.5 cm³/mol. The van der Waals surface area contributed by atoms with Crippen LogP contribution in [0.25, 0.3) is 11.3 Å². The Morgan fingerprint density at radius 2 is 2.18 bits per heavy atom. The summed E-state index contributed by atoms with van der Waals surface area (Å²) in [5.41, 5.74) is -0.718. The smallest absolute Gasteiger partial charge is 0.328 e. The summed E-state index contributed by atoms with van der Waals surface area (Å²) in [5.74, 6) is 0.235. The van der Waals surface area contributed by atoms with E-state index in [1.807, 2.05) is 0 Å². The zero-order valence-corrected chi connectivity index (χ0v) is 11.9. The van der Waals surface area contributed by atoms with Gasteiger partial charge in [0.1, 0.15) is 5.76 Å². The van der Waals surface area contributed by atoms with Crippen molar-refractivity contribution in [2.45, 2.75) is 31.4 Å². The van der Waals surface area contributed by atoms with E-state index in [1.165, 1.54) is 17.0 Å². The van der Waals surface area contributed by atoms with Crippen molar-refractivity contribution in [2.24, 2.45) is 5.92 Å². The fourth-order valence-corrected chi connectivity index (χ4v) is 3.02. The summed E-state index contributed by atoms with van der Waals surface area (Å²) in [6.45, 7) is -0.0634. The molecule has 1 saturated carbocycles. The molecule has 3 rings (SSSR count). The van der Waals surface area contributed by atoms with Crippen LogP contribution < -0.4 is 11.2 Å². The van der Waals surface area contributed by atoms with Crippen LogP contribution in [0, 0.1) is 5.92 Å². The van der Waals surface area contributed by atoms with Crippen LogP contribution in [0.2, 0.25) is 0 Å². The second-order valence-corrected chi connectivity index (χ2v) is 5.66. The van der Waals surface area contributed by atoms with E-state index in [1.54, 1.807) is 12.1 Å². The van der Waals surface area contributed by atoms with Crippen LogP contribution in [0.1, 0.15) is 25.3 Å². The molecule has 0 aromatic carbocycles. The van der Waals surface area contributed by atoms with E-state index in [-0.39, 0.29) is 24.1 Å². The Morgan fingerprint density at radius 1 is 1.36 bits per heavy atom.